The number of rotatable bonds is 3. The predicted octanol–water partition coefficient (Wildman–Crippen LogP) is -0.00670. The highest BCUT2D eigenvalue weighted by Gasteiger charge is 2.20. The molecule has 0 unspecified atom stereocenters. The zero-order chi connectivity index (χ0) is 8.10. The fourth-order valence-corrected chi connectivity index (χ4v) is 1.49. The molecule has 0 aromatic heterocycles. The van der Waals surface area contributed by atoms with Gasteiger partial charge in [0, 0.05) is 26.3 Å². The average Bonchev–Trinajstić information content (AvgIpc) is 2.06. The molecule has 0 spiro atoms. The largest absolute Gasteiger partial charge is 0.396 e. The van der Waals surface area contributed by atoms with Crippen LogP contribution in [0.25, 0.3) is 0 Å². The van der Waals surface area contributed by atoms with Crippen molar-refractivity contribution in [3.8, 4) is 0 Å². The van der Waals surface area contributed by atoms with Gasteiger partial charge < -0.3 is 15.2 Å². The van der Waals surface area contributed by atoms with Gasteiger partial charge in [0.15, 0.2) is 0 Å². The summed E-state index contributed by atoms with van der Waals surface area (Å²) in [7, 11) is 0. The van der Waals surface area contributed by atoms with E-state index in [1.807, 2.05) is 6.92 Å². The Hall–Kier alpha value is -0.120. The Morgan fingerprint density at radius 1 is 1.55 bits per heavy atom. The van der Waals surface area contributed by atoms with E-state index in [1.165, 1.54) is 0 Å². The number of aliphatic hydroxyl groups is 1. The number of hydrogen-bond acceptors (Lipinski definition) is 3. The van der Waals surface area contributed by atoms with Crippen LogP contribution in [0.2, 0.25) is 0 Å². The van der Waals surface area contributed by atoms with Gasteiger partial charge in [-0.1, -0.05) is 0 Å². The highest BCUT2D eigenvalue weighted by atomic mass is 16.5. The number of ether oxygens (including phenoxy) is 1. The van der Waals surface area contributed by atoms with Crippen molar-refractivity contribution in [2.75, 3.05) is 26.3 Å². The van der Waals surface area contributed by atoms with E-state index in [0.717, 1.165) is 26.1 Å². The van der Waals surface area contributed by atoms with Gasteiger partial charge in [-0.15, -0.1) is 0 Å². The van der Waals surface area contributed by atoms with Crippen molar-refractivity contribution in [1.82, 2.24) is 5.32 Å². The molecule has 2 atom stereocenters. The molecule has 2 N–H and O–H groups in total. The molecule has 3 heteroatoms. The molecule has 1 aliphatic rings. The monoisotopic (exact) mass is 159 g/mol. The molecule has 1 saturated heterocycles. The lowest BCUT2D eigenvalue weighted by atomic mass is 9.98. The molecule has 0 aromatic carbocycles. The zero-order valence-electron chi connectivity index (χ0n) is 7.05. The van der Waals surface area contributed by atoms with E-state index in [9.17, 15) is 0 Å². The molecule has 0 bridgehead atoms. The maximum atomic E-state index is 8.88. The molecule has 11 heavy (non-hydrogen) atoms. The summed E-state index contributed by atoms with van der Waals surface area (Å²) in [5.41, 5.74) is 0. The second-order valence-electron chi connectivity index (χ2n) is 3.02. The van der Waals surface area contributed by atoms with Gasteiger partial charge in [0.2, 0.25) is 0 Å². The Bertz CT molecular complexity index is 106. The first kappa shape index (κ1) is 8.97. The van der Waals surface area contributed by atoms with E-state index in [2.05, 4.69) is 5.32 Å². The van der Waals surface area contributed by atoms with Gasteiger partial charge in [-0.05, 0) is 19.3 Å². The summed E-state index contributed by atoms with van der Waals surface area (Å²) >= 11 is 0. The van der Waals surface area contributed by atoms with Gasteiger partial charge in [-0.25, -0.2) is 0 Å². The second-order valence-corrected chi connectivity index (χ2v) is 3.02. The first-order valence-corrected chi connectivity index (χ1v) is 4.30. The normalized spacial score (nSPS) is 32.2. The van der Waals surface area contributed by atoms with Crippen LogP contribution in [-0.4, -0.2) is 37.5 Å². The molecule has 3 nitrogen and oxygen atoms in total. The molecule has 0 radical (unpaired) electrons. The van der Waals surface area contributed by atoms with Gasteiger partial charge >= 0.3 is 0 Å². The highest BCUT2D eigenvalue weighted by Crippen LogP contribution is 2.12. The molecule has 0 aliphatic carbocycles. The minimum atomic E-state index is 0.274. The molecular weight excluding hydrogens is 142 g/mol. The van der Waals surface area contributed by atoms with Gasteiger partial charge in [0.1, 0.15) is 0 Å². The lowest BCUT2D eigenvalue weighted by Crippen LogP contribution is -2.41. The van der Waals surface area contributed by atoms with Crippen LogP contribution < -0.4 is 5.32 Å². The quantitative estimate of drug-likeness (QED) is 0.608. The molecule has 0 saturated carbocycles. The maximum Gasteiger partial charge on any atom is 0.0703 e. The molecule has 66 valence electrons. The molecule has 0 amide bonds. The van der Waals surface area contributed by atoms with Crippen molar-refractivity contribution >= 4 is 0 Å². The van der Waals surface area contributed by atoms with E-state index >= 15 is 0 Å². The van der Waals surface area contributed by atoms with Crippen molar-refractivity contribution in [2.24, 2.45) is 5.92 Å². The van der Waals surface area contributed by atoms with Crippen molar-refractivity contribution in [2.45, 2.75) is 19.4 Å². The van der Waals surface area contributed by atoms with Gasteiger partial charge in [-0.3, -0.25) is 0 Å². The van der Waals surface area contributed by atoms with Gasteiger partial charge in [0.25, 0.3) is 0 Å². The summed E-state index contributed by atoms with van der Waals surface area (Å²) in [6.07, 6.45) is 1.31. The van der Waals surface area contributed by atoms with E-state index in [0.29, 0.717) is 12.0 Å². The molecule has 1 heterocycles. The third kappa shape index (κ3) is 2.77. The van der Waals surface area contributed by atoms with Crippen molar-refractivity contribution in [1.29, 1.82) is 0 Å². The topological polar surface area (TPSA) is 41.5 Å². The van der Waals surface area contributed by atoms with Crippen LogP contribution >= 0.6 is 0 Å². The Balaban J connectivity index is 2.21. The van der Waals surface area contributed by atoms with E-state index in [-0.39, 0.29) is 6.61 Å². The second kappa shape index (κ2) is 4.70. The van der Waals surface area contributed by atoms with Crippen molar-refractivity contribution in [3.05, 3.63) is 0 Å². The van der Waals surface area contributed by atoms with Gasteiger partial charge in [-0.2, -0.15) is 0 Å². The SMILES string of the molecule is CCO[C@@H]1CNC[C@@H](CO)C1. The Kier molecular flexibility index (Phi) is 3.83. The molecule has 1 fully saturated rings. The van der Waals surface area contributed by atoms with Crippen LogP contribution in [0.5, 0.6) is 0 Å². The van der Waals surface area contributed by atoms with Crippen LogP contribution in [0.1, 0.15) is 13.3 Å². The summed E-state index contributed by atoms with van der Waals surface area (Å²) < 4.78 is 5.44. The minimum absolute atomic E-state index is 0.274. The highest BCUT2D eigenvalue weighted by molar-refractivity contribution is 4.75. The van der Waals surface area contributed by atoms with Crippen LogP contribution in [0, 0.1) is 5.92 Å². The standard InChI is InChI=1S/C8H17NO2/c1-2-11-8-3-7(6-10)4-9-5-8/h7-10H,2-6H2,1H3/t7-,8-/m0/s1. The maximum absolute atomic E-state index is 8.88. The van der Waals surface area contributed by atoms with Crippen LogP contribution in [0.4, 0.5) is 0 Å². The summed E-state index contributed by atoms with van der Waals surface area (Å²) in [5, 5.41) is 12.1. The van der Waals surface area contributed by atoms with Crippen molar-refractivity contribution in [3.63, 3.8) is 0 Å². The number of nitrogens with one attached hydrogen (secondary N) is 1. The fraction of sp³-hybridized carbons (Fsp3) is 1.00. The zero-order valence-corrected chi connectivity index (χ0v) is 7.05. The smallest absolute Gasteiger partial charge is 0.0703 e. The van der Waals surface area contributed by atoms with Crippen LogP contribution in [0.3, 0.4) is 0 Å². The summed E-state index contributed by atoms with van der Waals surface area (Å²) in [6.45, 7) is 4.91. The molecule has 0 aromatic rings. The van der Waals surface area contributed by atoms with E-state index < -0.39 is 0 Å². The van der Waals surface area contributed by atoms with Crippen LogP contribution in [0.15, 0.2) is 0 Å². The fourth-order valence-electron chi connectivity index (χ4n) is 1.49. The van der Waals surface area contributed by atoms with Crippen LogP contribution in [-0.2, 0) is 4.74 Å². The minimum Gasteiger partial charge on any atom is -0.396 e. The van der Waals surface area contributed by atoms with Gasteiger partial charge in [0.05, 0.1) is 6.10 Å². The number of hydrogen-bond donors (Lipinski definition) is 2. The molecular formula is C8H17NO2. The predicted molar refractivity (Wildman–Crippen MR) is 43.5 cm³/mol. The average molecular weight is 159 g/mol. The van der Waals surface area contributed by atoms with E-state index in [4.69, 9.17) is 9.84 Å². The lowest BCUT2D eigenvalue weighted by Gasteiger charge is -2.28. The first-order valence-electron chi connectivity index (χ1n) is 4.30. The Morgan fingerprint density at radius 2 is 2.36 bits per heavy atom. The summed E-state index contributed by atoms with van der Waals surface area (Å²) in [5.74, 6) is 0.389. The first-order chi connectivity index (χ1) is 5.36. The lowest BCUT2D eigenvalue weighted by molar-refractivity contribution is 0.0199. The number of aliphatic hydroxyl groups excluding tert-OH is 1. The third-order valence-corrected chi connectivity index (χ3v) is 2.06. The number of piperidine rings is 1. The summed E-state index contributed by atoms with van der Waals surface area (Å²) in [6, 6.07) is 0. The van der Waals surface area contributed by atoms with Crippen molar-refractivity contribution < 1.29 is 9.84 Å². The molecule has 1 rings (SSSR count). The van der Waals surface area contributed by atoms with E-state index in [1.54, 1.807) is 0 Å². The Morgan fingerprint density at radius 3 is 3.00 bits per heavy atom. The molecule has 1 aliphatic heterocycles. The Labute approximate surface area is 67.7 Å². The third-order valence-electron chi connectivity index (χ3n) is 2.06. The summed E-state index contributed by atoms with van der Waals surface area (Å²) in [4.78, 5) is 0.